The zero-order chi connectivity index (χ0) is 52.6. The number of hydrogen-bond acceptors (Lipinski definition) is 10. The molecule has 0 aliphatic heterocycles. The van der Waals surface area contributed by atoms with E-state index in [1.807, 2.05) is 243 Å². The third-order valence-electron chi connectivity index (χ3n) is 11.6. The van der Waals surface area contributed by atoms with Gasteiger partial charge >= 0.3 is 0 Å². The summed E-state index contributed by atoms with van der Waals surface area (Å²) in [6, 6.07) is 83.4. The number of hydrogen-bond donors (Lipinski definition) is 0. The molecule has 370 valence electrons. The van der Waals surface area contributed by atoms with Gasteiger partial charge in [0, 0.05) is 60.4 Å². The summed E-state index contributed by atoms with van der Waals surface area (Å²) >= 11 is 15.5. The molecule has 13 aromatic rings. The fourth-order valence-corrected chi connectivity index (χ4v) is 8.63. The maximum atomic E-state index is 5.99. The number of benzene rings is 9. The van der Waals surface area contributed by atoms with E-state index in [9.17, 15) is 0 Å². The van der Waals surface area contributed by atoms with E-state index in [1.165, 1.54) is 0 Å². The van der Waals surface area contributed by atoms with Gasteiger partial charge in [-0.2, -0.15) is 19.9 Å². The van der Waals surface area contributed by atoms with E-state index in [0.29, 0.717) is 23.3 Å². The standard InChI is InChI=1S/C20H13BrN2.2C15H10ClN3.C14H10N2/c21-16-10-6-9-15(13-16)20-22-18-12-5-4-11-17(18)19(23-20)14-7-2-1-3-8-14;2*16-15-18-13(11-7-3-1-4-8-11)17-14(19-15)12-9-5-2-6-10-12;1-2-6-11(7-3-1)14-15-10-12-8-4-5-9-13(12)16-14/h1-13H;2*1-10H;1-10H. The average molecular weight is 1100 g/mol. The number of aromatic nitrogens is 10. The van der Waals surface area contributed by atoms with Gasteiger partial charge < -0.3 is 0 Å². The highest BCUT2D eigenvalue weighted by atomic mass is 79.9. The van der Waals surface area contributed by atoms with Gasteiger partial charge in [-0.25, -0.2) is 29.9 Å². The second-order valence-corrected chi connectivity index (χ2v) is 18.5. The Morgan fingerprint density at radius 2 is 0.623 bits per heavy atom. The quantitative estimate of drug-likeness (QED) is 0.152. The summed E-state index contributed by atoms with van der Waals surface area (Å²) in [7, 11) is 0. The zero-order valence-corrected chi connectivity index (χ0v) is 44.0. The van der Waals surface area contributed by atoms with Crippen molar-refractivity contribution >= 4 is 60.9 Å². The third kappa shape index (κ3) is 13.5. The Bertz CT molecular complexity index is 3780. The molecule has 13 rings (SSSR count). The first-order valence-electron chi connectivity index (χ1n) is 24.3. The Hall–Kier alpha value is -9.26. The summed E-state index contributed by atoms with van der Waals surface area (Å²) in [6.45, 7) is 0. The molecule has 10 nitrogen and oxygen atoms in total. The van der Waals surface area contributed by atoms with Gasteiger partial charge in [0.05, 0.1) is 16.7 Å². The van der Waals surface area contributed by atoms with Crippen molar-refractivity contribution in [2.24, 2.45) is 0 Å². The lowest BCUT2D eigenvalue weighted by molar-refractivity contribution is 1.07. The van der Waals surface area contributed by atoms with Crippen molar-refractivity contribution in [1.29, 1.82) is 0 Å². The monoisotopic (exact) mass is 1100 g/mol. The fourth-order valence-electron chi connectivity index (χ4n) is 7.91. The van der Waals surface area contributed by atoms with Gasteiger partial charge in [0.25, 0.3) is 0 Å². The van der Waals surface area contributed by atoms with Gasteiger partial charge in [0.1, 0.15) is 0 Å². The molecule has 0 amide bonds. The van der Waals surface area contributed by atoms with Crippen molar-refractivity contribution in [2.45, 2.75) is 0 Å². The van der Waals surface area contributed by atoms with Gasteiger partial charge in [0.2, 0.25) is 10.6 Å². The maximum absolute atomic E-state index is 5.99. The molecular formula is C64H43BrCl2N10. The predicted octanol–water partition coefficient (Wildman–Crippen LogP) is 16.7. The van der Waals surface area contributed by atoms with Gasteiger partial charge in [-0.3, -0.25) is 0 Å². The van der Waals surface area contributed by atoms with E-state index in [2.05, 4.69) is 74.0 Å². The van der Waals surface area contributed by atoms with E-state index in [0.717, 1.165) is 82.6 Å². The van der Waals surface area contributed by atoms with Gasteiger partial charge in [0.15, 0.2) is 34.9 Å². The van der Waals surface area contributed by atoms with Crippen LogP contribution in [0.25, 0.3) is 101 Å². The summed E-state index contributed by atoms with van der Waals surface area (Å²) in [6.07, 6.45) is 1.87. The van der Waals surface area contributed by atoms with Crippen LogP contribution in [0.1, 0.15) is 0 Å². The van der Waals surface area contributed by atoms with Gasteiger partial charge in [-0.1, -0.05) is 246 Å². The second kappa shape index (κ2) is 25.3. The number of fused-ring (bicyclic) bond motifs is 2. The van der Waals surface area contributed by atoms with Crippen LogP contribution in [0.3, 0.4) is 0 Å². The van der Waals surface area contributed by atoms with Crippen LogP contribution in [0.4, 0.5) is 0 Å². The van der Waals surface area contributed by atoms with Crippen LogP contribution >= 0.6 is 39.1 Å². The van der Waals surface area contributed by atoms with Crippen LogP contribution in [0.5, 0.6) is 0 Å². The minimum atomic E-state index is 0.202. The first kappa shape index (κ1) is 51.2. The molecule has 0 saturated carbocycles. The van der Waals surface area contributed by atoms with Crippen LogP contribution in [0, 0.1) is 0 Å². The molecule has 0 bridgehead atoms. The fraction of sp³-hybridized carbons (Fsp3) is 0. The lowest BCUT2D eigenvalue weighted by atomic mass is 10.1. The molecule has 77 heavy (non-hydrogen) atoms. The third-order valence-corrected chi connectivity index (χ3v) is 12.4. The molecule has 0 fully saturated rings. The molecule has 13 heteroatoms. The highest BCUT2D eigenvalue weighted by Crippen LogP contribution is 2.30. The second-order valence-electron chi connectivity index (χ2n) is 16.9. The van der Waals surface area contributed by atoms with Crippen molar-refractivity contribution in [2.75, 3.05) is 0 Å². The highest BCUT2D eigenvalue weighted by molar-refractivity contribution is 9.10. The van der Waals surface area contributed by atoms with Crippen LogP contribution in [0.2, 0.25) is 10.6 Å². The van der Waals surface area contributed by atoms with Crippen LogP contribution < -0.4 is 0 Å². The molecule has 0 N–H and O–H groups in total. The summed E-state index contributed by atoms with van der Waals surface area (Å²) < 4.78 is 1.02. The van der Waals surface area contributed by atoms with E-state index >= 15 is 0 Å². The molecular weight excluding hydrogens is 1060 g/mol. The predicted molar refractivity (Wildman–Crippen MR) is 315 cm³/mol. The molecule has 4 aromatic heterocycles. The van der Waals surface area contributed by atoms with E-state index in [1.54, 1.807) is 0 Å². The van der Waals surface area contributed by atoms with E-state index < -0.39 is 0 Å². The molecule has 4 heterocycles. The topological polar surface area (TPSA) is 129 Å². The number of para-hydroxylation sites is 2. The Morgan fingerprint density at radius 3 is 1.08 bits per heavy atom. The van der Waals surface area contributed by atoms with Crippen molar-refractivity contribution in [3.63, 3.8) is 0 Å². The average Bonchev–Trinajstić information content (AvgIpc) is 3.50. The van der Waals surface area contributed by atoms with E-state index in [4.69, 9.17) is 33.2 Å². The van der Waals surface area contributed by atoms with Crippen molar-refractivity contribution < 1.29 is 0 Å². The lowest BCUT2D eigenvalue weighted by Gasteiger charge is -2.09. The normalized spacial score (nSPS) is 10.5. The van der Waals surface area contributed by atoms with Crippen molar-refractivity contribution in [3.8, 4) is 79.6 Å². The molecule has 0 aliphatic carbocycles. The molecule has 9 aromatic carbocycles. The van der Waals surface area contributed by atoms with E-state index in [-0.39, 0.29) is 10.6 Å². The largest absolute Gasteiger partial charge is 0.236 e. The Labute approximate surface area is 463 Å². The summed E-state index contributed by atoms with van der Waals surface area (Å²) in [5.74, 6) is 3.85. The molecule has 0 spiro atoms. The Kier molecular flexibility index (Phi) is 16.8. The smallest absolute Gasteiger partial charge is 0.226 e. The molecule has 0 saturated heterocycles. The first-order valence-corrected chi connectivity index (χ1v) is 25.9. The van der Waals surface area contributed by atoms with Crippen molar-refractivity contribution in [1.82, 2.24) is 49.8 Å². The minimum Gasteiger partial charge on any atom is -0.236 e. The summed E-state index contributed by atoms with van der Waals surface area (Å²) in [5, 5.41) is 2.54. The Morgan fingerprint density at radius 1 is 0.273 bits per heavy atom. The van der Waals surface area contributed by atoms with Crippen LogP contribution in [-0.2, 0) is 0 Å². The van der Waals surface area contributed by atoms with Crippen LogP contribution in [0.15, 0.2) is 265 Å². The molecule has 0 atom stereocenters. The number of nitrogens with zero attached hydrogens (tertiary/aromatic N) is 10. The van der Waals surface area contributed by atoms with Crippen molar-refractivity contribution in [3.05, 3.63) is 276 Å². The molecule has 0 radical (unpaired) electrons. The highest BCUT2D eigenvalue weighted by Gasteiger charge is 2.13. The first-order chi connectivity index (χ1) is 37.9. The van der Waals surface area contributed by atoms with Gasteiger partial charge in [-0.05, 0) is 47.5 Å². The summed E-state index contributed by atoms with van der Waals surface area (Å²) in [4.78, 5) is 44.1. The number of halogens is 3. The zero-order valence-electron chi connectivity index (χ0n) is 40.9. The molecule has 0 aliphatic rings. The lowest BCUT2D eigenvalue weighted by Crippen LogP contribution is -1.96. The summed E-state index contributed by atoms with van der Waals surface area (Å²) in [5.41, 5.74) is 9.73. The SMILES string of the molecule is Brc1cccc(-c2nc(-c3ccccc3)c3ccccc3n2)c1.Clc1nc(-c2ccccc2)nc(-c2ccccc2)n1.Clc1nc(-c2ccccc2)nc(-c2ccccc2)n1.c1ccc(-c2ncc3ccccc3n2)cc1. The maximum Gasteiger partial charge on any atom is 0.226 e. The number of rotatable bonds is 7. The van der Waals surface area contributed by atoms with Gasteiger partial charge in [-0.15, -0.1) is 0 Å². The Balaban J connectivity index is 0.000000117. The molecule has 0 unspecified atom stereocenters. The minimum absolute atomic E-state index is 0.202. The van der Waals surface area contributed by atoms with Crippen LogP contribution in [-0.4, -0.2) is 49.8 Å².